The maximum atomic E-state index is 11.9. The van der Waals surface area contributed by atoms with E-state index in [1.807, 2.05) is 13.0 Å². The molecule has 0 aromatic rings. The van der Waals surface area contributed by atoms with Crippen LogP contribution >= 0.6 is 0 Å². The first kappa shape index (κ1) is 11.6. The quantitative estimate of drug-likeness (QED) is 0.704. The summed E-state index contributed by atoms with van der Waals surface area (Å²) in [4.78, 5) is 3.94. The van der Waals surface area contributed by atoms with Gasteiger partial charge in [0.05, 0.1) is 6.07 Å². The lowest BCUT2D eigenvalue weighted by atomic mass is 9.86. The van der Waals surface area contributed by atoms with Gasteiger partial charge in [0.2, 0.25) is 0 Å². The van der Waals surface area contributed by atoms with Crippen molar-refractivity contribution in [1.82, 2.24) is 0 Å². The molecule has 0 bridgehead atoms. The minimum atomic E-state index is -1.65. The number of rotatable bonds is 3. The second kappa shape index (κ2) is 5.40. The van der Waals surface area contributed by atoms with Crippen LogP contribution in [0.3, 0.4) is 0 Å². The summed E-state index contributed by atoms with van der Waals surface area (Å²) >= 11 is 0. The third-order valence-electron chi connectivity index (χ3n) is 2.48. The van der Waals surface area contributed by atoms with E-state index in [-0.39, 0.29) is 11.8 Å². The van der Waals surface area contributed by atoms with E-state index in [2.05, 4.69) is 4.99 Å². The summed E-state index contributed by atoms with van der Waals surface area (Å²) in [5.74, 6) is 0.160. The molecule has 1 rings (SSSR count). The molecular formula is C11H12F2N2. The summed E-state index contributed by atoms with van der Waals surface area (Å²) in [5.41, 5.74) is 0.610. The van der Waals surface area contributed by atoms with Gasteiger partial charge in [0.15, 0.2) is 0 Å². The van der Waals surface area contributed by atoms with Crippen molar-refractivity contribution < 1.29 is 8.78 Å². The summed E-state index contributed by atoms with van der Waals surface area (Å²) < 4.78 is 23.7. The fourth-order valence-electron chi connectivity index (χ4n) is 1.48. The number of aliphatic imine (C=N–C) groups is 1. The smallest absolute Gasteiger partial charge is 0.266 e. The standard InChI is InChI=1S/C11H12F2N2/c1-8(2-3-11(12)13)10-4-9(5-14)6-15-7-10/h3,6-8,10H,2,4H2,1H3. The predicted molar refractivity (Wildman–Crippen MR) is 54.4 cm³/mol. The molecule has 4 heteroatoms. The molecule has 1 aliphatic rings. The van der Waals surface area contributed by atoms with Crippen molar-refractivity contribution in [2.45, 2.75) is 19.8 Å². The van der Waals surface area contributed by atoms with Gasteiger partial charge in [-0.05, 0) is 24.8 Å². The van der Waals surface area contributed by atoms with E-state index in [0.29, 0.717) is 18.4 Å². The van der Waals surface area contributed by atoms with Crippen molar-refractivity contribution in [2.75, 3.05) is 0 Å². The Morgan fingerprint density at radius 1 is 1.80 bits per heavy atom. The second-order valence-electron chi connectivity index (χ2n) is 3.64. The number of nitrogens with zero attached hydrogens (tertiary/aromatic N) is 2. The molecule has 0 radical (unpaired) electrons. The lowest BCUT2D eigenvalue weighted by molar-refractivity contribution is 0.401. The summed E-state index contributed by atoms with van der Waals surface area (Å²) in [6.45, 7) is 1.89. The highest BCUT2D eigenvalue weighted by Gasteiger charge is 2.18. The van der Waals surface area contributed by atoms with Crippen molar-refractivity contribution >= 4 is 6.21 Å². The van der Waals surface area contributed by atoms with Gasteiger partial charge in [-0.3, -0.25) is 4.99 Å². The molecule has 0 saturated heterocycles. The third kappa shape index (κ3) is 3.62. The highest BCUT2D eigenvalue weighted by Crippen LogP contribution is 2.25. The molecule has 1 heterocycles. The van der Waals surface area contributed by atoms with Crippen LogP contribution in [0.1, 0.15) is 19.8 Å². The largest absolute Gasteiger partial charge is 0.268 e. The molecule has 0 saturated carbocycles. The van der Waals surface area contributed by atoms with E-state index in [4.69, 9.17) is 5.26 Å². The van der Waals surface area contributed by atoms with Crippen LogP contribution in [-0.2, 0) is 0 Å². The van der Waals surface area contributed by atoms with Gasteiger partial charge in [-0.15, -0.1) is 0 Å². The van der Waals surface area contributed by atoms with Gasteiger partial charge in [0.25, 0.3) is 6.08 Å². The first-order chi connectivity index (χ1) is 7.13. The van der Waals surface area contributed by atoms with Crippen LogP contribution in [0.5, 0.6) is 0 Å². The molecule has 0 fully saturated rings. The normalized spacial score (nSPS) is 21.5. The van der Waals surface area contributed by atoms with E-state index >= 15 is 0 Å². The molecule has 0 aliphatic carbocycles. The molecule has 0 aromatic carbocycles. The predicted octanol–water partition coefficient (Wildman–Crippen LogP) is 3.29. The highest BCUT2D eigenvalue weighted by molar-refractivity contribution is 5.64. The topological polar surface area (TPSA) is 36.1 Å². The number of nitriles is 1. The highest BCUT2D eigenvalue weighted by atomic mass is 19.3. The van der Waals surface area contributed by atoms with Crippen LogP contribution in [0.4, 0.5) is 8.78 Å². The third-order valence-corrected chi connectivity index (χ3v) is 2.48. The molecule has 80 valence electrons. The van der Waals surface area contributed by atoms with Crippen molar-refractivity contribution in [3.05, 3.63) is 23.9 Å². The molecule has 2 nitrogen and oxygen atoms in total. The fraction of sp³-hybridized carbons (Fsp3) is 0.455. The molecule has 0 aromatic heterocycles. The van der Waals surface area contributed by atoms with Crippen LogP contribution in [0.25, 0.3) is 0 Å². The van der Waals surface area contributed by atoms with Crippen LogP contribution in [-0.4, -0.2) is 6.21 Å². The van der Waals surface area contributed by atoms with E-state index < -0.39 is 6.08 Å². The zero-order valence-electron chi connectivity index (χ0n) is 8.45. The van der Waals surface area contributed by atoms with Crippen LogP contribution in [0.2, 0.25) is 0 Å². The Labute approximate surface area is 87.6 Å². The van der Waals surface area contributed by atoms with E-state index in [0.717, 1.165) is 6.08 Å². The Bertz CT molecular complexity index is 346. The van der Waals surface area contributed by atoms with Gasteiger partial charge in [-0.1, -0.05) is 6.92 Å². The molecule has 0 spiro atoms. The van der Waals surface area contributed by atoms with Gasteiger partial charge in [-0.25, -0.2) is 0 Å². The van der Waals surface area contributed by atoms with Gasteiger partial charge < -0.3 is 0 Å². The number of halogens is 2. The van der Waals surface area contributed by atoms with E-state index in [1.54, 1.807) is 6.21 Å². The van der Waals surface area contributed by atoms with Crippen molar-refractivity contribution in [1.29, 1.82) is 5.26 Å². The molecule has 0 N–H and O–H groups in total. The average Bonchev–Trinajstić information content (AvgIpc) is 2.26. The summed E-state index contributed by atoms with van der Waals surface area (Å²) in [6.07, 6.45) is 3.44. The molecule has 2 unspecified atom stereocenters. The van der Waals surface area contributed by atoms with E-state index in [9.17, 15) is 8.78 Å². The van der Waals surface area contributed by atoms with Crippen molar-refractivity contribution in [2.24, 2.45) is 16.8 Å². The SMILES string of the molecule is CC(CC=C(F)F)C1C=NC=C(C#N)C1. The van der Waals surface area contributed by atoms with Gasteiger partial charge in [0, 0.05) is 23.9 Å². The number of allylic oxidation sites excluding steroid dienone is 2. The summed E-state index contributed by atoms with van der Waals surface area (Å²) in [7, 11) is 0. The number of hydrogen-bond acceptors (Lipinski definition) is 2. The second-order valence-corrected chi connectivity index (χ2v) is 3.64. The lowest BCUT2D eigenvalue weighted by Crippen LogP contribution is -2.15. The molecular weight excluding hydrogens is 198 g/mol. The zero-order chi connectivity index (χ0) is 11.3. The Morgan fingerprint density at radius 2 is 2.53 bits per heavy atom. The van der Waals surface area contributed by atoms with Crippen molar-refractivity contribution in [3.8, 4) is 6.07 Å². The summed E-state index contributed by atoms with van der Waals surface area (Å²) in [5, 5.41) is 8.68. The maximum Gasteiger partial charge on any atom is 0.266 e. The minimum Gasteiger partial charge on any atom is -0.268 e. The van der Waals surface area contributed by atoms with Crippen LogP contribution < -0.4 is 0 Å². The van der Waals surface area contributed by atoms with Crippen LogP contribution in [0, 0.1) is 23.2 Å². The lowest BCUT2D eigenvalue weighted by Gasteiger charge is -2.20. The maximum absolute atomic E-state index is 11.9. The van der Waals surface area contributed by atoms with Crippen molar-refractivity contribution in [3.63, 3.8) is 0 Å². The first-order valence-corrected chi connectivity index (χ1v) is 4.77. The molecule has 2 atom stereocenters. The fourth-order valence-corrected chi connectivity index (χ4v) is 1.48. The van der Waals surface area contributed by atoms with Gasteiger partial charge >= 0.3 is 0 Å². The van der Waals surface area contributed by atoms with Gasteiger partial charge in [0.1, 0.15) is 0 Å². The molecule has 1 aliphatic heterocycles. The summed E-state index contributed by atoms with van der Waals surface area (Å²) in [6, 6.07) is 2.04. The van der Waals surface area contributed by atoms with Crippen LogP contribution in [0.15, 0.2) is 28.9 Å². The minimum absolute atomic E-state index is 0.0762. The van der Waals surface area contributed by atoms with Gasteiger partial charge in [-0.2, -0.15) is 14.0 Å². The number of hydrogen-bond donors (Lipinski definition) is 0. The molecule has 15 heavy (non-hydrogen) atoms. The Balaban J connectivity index is 2.53. The first-order valence-electron chi connectivity index (χ1n) is 4.77. The monoisotopic (exact) mass is 210 g/mol. The zero-order valence-corrected chi connectivity index (χ0v) is 8.45. The Kier molecular flexibility index (Phi) is 4.17. The van der Waals surface area contributed by atoms with E-state index in [1.165, 1.54) is 6.20 Å². The Hall–Kier alpha value is -1.50. The Morgan fingerprint density at radius 3 is 3.13 bits per heavy atom. The molecule has 0 amide bonds. The average molecular weight is 210 g/mol.